The van der Waals surface area contributed by atoms with Gasteiger partial charge in [-0.15, -0.1) is 0 Å². The van der Waals surface area contributed by atoms with Crippen molar-refractivity contribution in [3.05, 3.63) is 24.3 Å². The van der Waals surface area contributed by atoms with Crippen LogP contribution < -0.4 is 5.32 Å². The van der Waals surface area contributed by atoms with Crippen molar-refractivity contribution in [2.45, 2.75) is 392 Å². The molecule has 0 spiro atoms. The van der Waals surface area contributed by atoms with E-state index < -0.39 is 12.1 Å². The number of nitrogens with one attached hydrogen (secondary N) is 1. The Kier molecular flexibility index (Phi) is 63.4. The predicted octanol–water partition coefficient (Wildman–Crippen LogP) is 21.8. The average molecular weight is 1060 g/mol. The van der Waals surface area contributed by atoms with Crippen LogP contribution in [0.2, 0.25) is 0 Å². The highest BCUT2D eigenvalue weighted by Gasteiger charge is 2.18. The molecule has 75 heavy (non-hydrogen) atoms. The number of amides is 1. The van der Waals surface area contributed by atoms with E-state index in [0.29, 0.717) is 19.4 Å². The summed E-state index contributed by atoms with van der Waals surface area (Å²) in [6, 6.07) is -0.629. The van der Waals surface area contributed by atoms with E-state index in [9.17, 15) is 19.8 Å². The number of carbonyl (C=O) groups is 2. The zero-order valence-corrected chi connectivity index (χ0v) is 50.8. The fourth-order valence-corrected chi connectivity index (χ4v) is 10.7. The van der Waals surface area contributed by atoms with E-state index in [4.69, 9.17) is 4.74 Å². The van der Waals surface area contributed by atoms with Crippen LogP contribution in [0.4, 0.5) is 0 Å². The van der Waals surface area contributed by atoms with Gasteiger partial charge in [0, 0.05) is 12.8 Å². The van der Waals surface area contributed by atoms with Gasteiger partial charge in [0.25, 0.3) is 0 Å². The lowest BCUT2D eigenvalue weighted by Gasteiger charge is -2.20. The van der Waals surface area contributed by atoms with Gasteiger partial charge in [0.2, 0.25) is 5.91 Å². The van der Waals surface area contributed by atoms with Gasteiger partial charge in [-0.25, -0.2) is 0 Å². The first-order valence-corrected chi connectivity index (χ1v) is 34.1. The van der Waals surface area contributed by atoms with Gasteiger partial charge >= 0.3 is 5.97 Å². The van der Waals surface area contributed by atoms with E-state index in [1.54, 1.807) is 6.08 Å². The third kappa shape index (κ3) is 61.4. The summed E-state index contributed by atoms with van der Waals surface area (Å²) in [5.41, 5.74) is 0. The SMILES string of the molecule is CCCCCCCC/C=C\CCCCCCCCCCCC(=O)OCCCCCCCCCCCCCCCCCCCCCCCC(=O)NC(CO)C(O)/C=C/CCCCCCCCCCCCCCCCCC. The smallest absolute Gasteiger partial charge is 0.305 e. The Morgan fingerprint density at radius 2 is 0.627 bits per heavy atom. The maximum absolute atomic E-state index is 12.5. The first-order valence-electron chi connectivity index (χ1n) is 34.1. The van der Waals surface area contributed by atoms with E-state index in [0.717, 1.165) is 44.9 Å². The molecule has 444 valence electrons. The third-order valence-electron chi connectivity index (χ3n) is 16.0. The van der Waals surface area contributed by atoms with Crippen molar-refractivity contribution in [3.8, 4) is 0 Å². The molecule has 2 unspecified atom stereocenters. The maximum Gasteiger partial charge on any atom is 0.305 e. The molecular formula is C69H133NO5. The standard InChI is InChI=1S/C69H133NO5/c1-3-5-7-9-11-13-15-17-19-21-26-31-35-39-43-47-51-55-59-63-69(74)75-64-60-56-52-48-44-40-36-32-28-25-23-24-27-30-34-38-42-46-50-54-58-62-68(73)70-66(65-71)67(72)61-57-53-49-45-41-37-33-29-22-20-18-16-14-12-10-8-6-4-2/h17,19,57,61,66-67,71-72H,3-16,18,20-56,58-60,62-65H2,1-2H3,(H,70,73)/b19-17-,61-57+. The number of hydrogen-bond acceptors (Lipinski definition) is 5. The highest BCUT2D eigenvalue weighted by atomic mass is 16.5. The van der Waals surface area contributed by atoms with Crippen molar-refractivity contribution < 1.29 is 24.5 Å². The molecule has 1 amide bonds. The molecule has 0 aromatic heterocycles. The lowest BCUT2D eigenvalue weighted by Crippen LogP contribution is -2.45. The Labute approximate surface area is 469 Å². The lowest BCUT2D eigenvalue weighted by atomic mass is 10.0. The quantitative estimate of drug-likeness (QED) is 0.0320. The van der Waals surface area contributed by atoms with Crippen LogP contribution in [0.5, 0.6) is 0 Å². The molecule has 0 aliphatic heterocycles. The fraction of sp³-hybridized carbons (Fsp3) is 0.913. The summed E-state index contributed by atoms with van der Waals surface area (Å²) in [5.74, 6) is -0.0540. The molecule has 0 saturated carbocycles. The Morgan fingerprint density at radius 3 is 0.947 bits per heavy atom. The van der Waals surface area contributed by atoms with Crippen LogP contribution in [-0.2, 0) is 14.3 Å². The minimum atomic E-state index is -0.845. The summed E-state index contributed by atoms with van der Waals surface area (Å²) < 4.78 is 5.51. The second kappa shape index (κ2) is 64.9. The minimum absolute atomic E-state index is 0.0118. The van der Waals surface area contributed by atoms with Crippen molar-refractivity contribution in [2.24, 2.45) is 0 Å². The molecular weight excluding hydrogens is 923 g/mol. The summed E-state index contributed by atoms with van der Waals surface area (Å²) in [5, 5.41) is 23.2. The number of aliphatic hydroxyl groups excluding tert-OH is 2. The number of aliphatic hydroxyl groups is 2. The molecule has 0 aromatic rings. The average Bonchev–Trinajstić information content (AvgIpc) is 3.41. The van der Waals surface area contributed by atoms with Crippen LogP contribution in [0.1, 0.15) is 380 Å². The van der Waals surface area contributed by atoms with E-state index in [-0.39, 0.29) is 18.5 Å². The normalized spacial score (nSPS) is 12.6. The molecule has 0 aliphatic rings. The topological polar surface area (TPSA) is 95.9 Å². The Balaban J connectivity index is 3.39. The van der Waals surface area contributed by atoms with Gasteiger partial charge in [0.15, 0.2) is 0 Å². The number of ether oxygens (including phenoxy) is 1. The third-order valence-corrected chi connectivity index (χ3v) is 16.0. The minimum Gasteiger partial charge on any atom is -0.466 e. The van der Waals surface area contributed by atoms with Gasteiger partial charge in [0.1, 0.15) is 0 Å². The lowest BCUT2D eigenvalue weighted by molar-refractivity contribution is -0.143. The van der Waals surface area contributed by atoms with Gasteiger partial charge in [-0.3, -0.25) is 9.59 Å². The van der Waals surface area contributed by atoms with Crippen molar-refractivity contribution in [1.29, 1.82) is 0 Å². The second-order valence-corrected chi connectivity index (χ2v) is 23.5. The monoisotopic (exact) mass is 1060 g/mol. The highest BCUT2D eigenvalue weighted by molar-refractivity contribution is 5.76. The van der Waals surface area contributed by atoms with Gasteiger partial charge in [-0.2, -0.15) is 0 Å². The summed E-state index contributed by atoms with van der Waals surface area (Å²) in [7, 11) is 0. The molecule has 0 bridgehead atoms. The summed E-state index contributed by atoms with van der Waals surface area (Å²) in [6.07, 6.45) is 80.9. The molecule has 0 heterocycles. The zero-order chi connectivity index (χ0) is 54.3. The van der Waals surface area contributed by atoms with E-state index in [2.05, 4.69) is 31.3 Å². The molecule has 0 radical (unpaired) electrons. The summed E-state index contributed by atoms with van der Waals surface area (Å²) >= 11 is 0. The van der Waals surface area contributed by atoms with Crippen LogP contribution in [0.25, 0.3) is 0 Å². The fourth-order valence-electron chi connectivity index (χ4n) is 10.7. The first kappa shape index (κ1) is 73.3. The molecule has 0 fully saturated rings. The molecule has 6 heteroatoms. The highest BCUT2D eigenvalue weighted by Crippen LogP contribution is 2.18. The maximum atomic E-state index is 12.5. The van der Waals surface area contributed by atoms with Crippen LogP contribution in [0.15, 0.2) is 24.3 Å². The van der Waals surface area contributed by atoms with Crippen molar-refractivity contribution in [3.63, 3.8) is 0 Å². The molecule has 0 rings (SSSR count). The predicted molar refractivity (Wildman–Crippen MR) is 329 cm³/mol. The largest absolute Gasteiger partial charge is 0.466 e. The van der Waals surface area contributed by atoms with Crippen molar-refractivity contribution in [1.82, 2.24) is 5.32 Å². The van der Waals surface area contributed by atoms with Gasteiger partial charge in [-0.05, 0) is 57.8 Å². The van der Waals surface area contributed by atoms with Gasteiger partial charge < -0.3 is 20.3 Å². The number of carbonyl (C=O) groups excluding carboxylic acids is 2. The Bertz CT molecular complexity index is 1170. The molecule has 0 aliphatic carbocycles. The van der Waals surface area contributed by atoms with E-state index >= 15 is 0 Å². The van der Waals surface area contributed by atoms with Crippen molar-refractivity contribution >= 4 is 11.9 Å². The summed E-state index contributed by atoms with van der Waals surface area (Å²) in [4.78, 5) is 24.6. The molecule has 0 saturated heterocycles. The molecule has 2 atom stereocenters. The van der Waals surface area contributed by atoms with Crippen LogP contribution in [0, 0.1) is 0 Å². The molecule has 6 nitrogen and oxygen atoms in total. The number of hydrogen-bond donors (Lipinski definition) is 3. The van der Waals surface area contributed by atoms with Crippen molar-refractivity contribution in [2.75, 3.05) is 13.2 Å². The number of esters is 1. The van der Waals surface area contributed by atoms with E-state index in [1.807, 2.05) is 6.08 Å². The van der Waals surface area contributed by atoms with Crippen LogP contribution >= 0.6 is 0 Å². The van der Waals surface area contributed by atoms with Crippen LogP contribution in [-0.4, -0.2) is 47.4 Å². The zero-order valence-electron chi connectivity index (χ0n) is 50.8. The summed E-state index contributed by atoms with van der Waals surface area (Å²) in [6.45, 7) is 4.93. The molecule has 3 N–H and O–H groups in total. The number of unbranched alkanes of at least 4 members (excludes halogenated alkanes) is 51. The number of allylic oxidation sites excluding steroid dienone is 3. The second-order valence-electron chi connectivity index (χ2n) is 23.5. The van der Waals surface area contributed by atoms with Gasteiger partial charge in [-0.1, -0.05) is 334 Å². The molecule has 0 aromatic carbocycles. The number of rotatable bonds is 64. The van der Waals surface area contributed by atoms with E-state index in [1.165, 1.54) is 308 Å². The Hall–Kier alpha value is -1.66. The Morgan fingerprint density at radius 1 is 0.360 bits per heavy atom. The first-order chi connectivity index (χ1) is 37.0. The van der Waals surface area contributed by atoms with Crippen LogP contribution in [0.3, 0.4) is 0 Å². The van der Waals surface area contributed by atoms with Gasteiger partial charge in [0.05, 0.1) is 25.4 Å².